The Morgan fingerprint density at radius 2 is 2.28 bits per heavy atom. The lowest BCUT2D eigenvalue weighted by Crippen LogP contribution is -2.12. The van der Waals surface area contributed by atoms with Crippen LogP contribution in [0.25, 0.3) is 0 Å². The van der Waals surface area contributed by atoms with Gasteiger partial charge in [0.2, 0.25) is 5.91 Å². The Kier molecular flexibility index (Phi) is 4.24. The zero-order chi connectivity index (χ0) is 13.0. The van der Waals surface area contributed by atoms with E-state index in [1.807, 2.05) is 0 Å². The van der Waals surface area contributed by atoms with Crippen molar-refractivity contribution in [2.75, 3.05) is 11.9 Å². The van der Waals surface area contributed by atoms with Crippen molar-refractivity contribution in [1.82, 2.24) is 0 Å². The van der Waals surface area contributed by atoms with Gasteiger partial charge in [0.15, 0.2) is 0 Å². The Morgan fingerprint density at radius 3 is 2.94 bits per heavy atom. The maximum absolute atomic E-state index is 11.7. The number of aliphatic hydroxyl groups excluding tert-OH is 1. The highest BCUT2D eigenvalue weighted by molar-refractivity contribution is 6.33. The maximum atomic E-state index is 11.7. The highest BCUT2D eigenvalue weighted by Gasteiger charge is 2.24. The van der Waals surface area contributed by atoms with Crippen LogP contribution in [0.1, 0.15) is 24.8 Å². The number of carbonyl (C=O) groups is 1. The van der Waals surface area contributed by atoms with Crippen LogP contribution in [-0.2, 0) is 4.79 Å². The van der Waals surface area contributed by atoms with Gasteiger partial charge < -0.3 is 10.4 Å². The number of anilines is 1. The molecule has 0 aromatic heterocycles. The van der Waals surface area contributed by atoms with Gasteiger partial charge in [0.1, 0.15) is 6.61 Å². The maximum Gasteiger partial charge on any atom is 0.224 e. The van der Waals surface area contributed by atoms with Crippen molar-refractivity contribution < 1.29 is 9.90 Å². The zero-order valence-electron chi connectivity index (χ0n) is 9.87. The molecule has 0 bridgehead atoms. The van der Waals surface area contributed by atoms with Crippen molar-refractivity contribution in [2.24, 2.45) is 5.92 Å². The van der Waals surface area contributed by atoms with Crippen molar-refractivity contribution >= 4 is 23.2 Å². The van der Waals surface area contributed by atoms with Gasteiger partial charge in [-0.05, 0) is 37.0 Å². The Balaban J connectivity index is 2.07. The molecule has 1 fully saturated rings. The lowest BCUT2D eigenvalue weighted by atomic mass is 10.2. The van der Waals surface area contributed by atoms with Crippen molar-refractivity contribution in [1.29, 1.82) is 0 Å². The third kappa shape index (κ3) is 3.76. The van der Waals surface area contributed by atoms with Crippen LogP contribution >= 0.6 is 11.6 Å². The molecule has 1 aliphatic carbocycles. The van der Waals surface area contributed by atoms with Crippen molar-refractivity contribution in [3.05, 3.63) is 28.8 Å². The Bertz CT molecular complexity index is 512. The summed E-state index contributed by atoms with van der Waals surface area (Å²) in [5.41, 5.74) is 1.29. The molecule has 0 aliphatic heterocycles. The van der Waals surface area contributed by atoms with E-state index in [0.29, 0.717) is 23.0 Å². The molecule has 1 aromatic rings. The molecule has 18 heavy (non-hydrogen) atoms. The van der Waals surface area contributed by atoms with Crippen LogP contribution in [0.2, 0.25) is 5.02 Å². The van der Waals surface area contributed by atoms with Gasteiger partial charge in [-0.15, -0.1) is 0 Å². The number of nitrogens with one attached hydrogen (secondary N) is 1. The predicted octanol–water partition coefficient (Wildman–Crippen LogP) is 2.42. The monoisotopic (exact) mass is 263 g/mol. The van der Waals surface area contributed by atoms with E-state index in [9.17, 15) is 4.79 Å². The minimum absolute atomic E-state index is 0.00772. The first-order valence-electron chi connectivity index (χ1n) is 5.88. The van der Waals surface area contributed by atoms with Crippen LogP contribution in [0.15, 0.2) is 18.2 Å². The molecule has 1 aliphatic rings. The van der Waals surface area contributed by atoms with Gasteiger partial charge in [0.05, 0.1) is 10.7 Å². The summed E-state index contributed by atoms with van der Waals surface area (Å²) in [4.78, 5) is 11.7. The number of halogens is 1. The third-order valence-electron chi connectivity index (χ3n) is 2.72. The Hall–Kier alpha value is -1.50. The minimum Gasteiger partial charge on any atom is -0.384 e. The largest absolute Gasteiger partial charge is 0.384 e. The van der Waals surface area contributed by atoms with E-state index in [-0.39, 0.29) is 12.5 Å². The summed E-state index contributed by atoms with van der Waals surface area (Å²) in [6.45, 7) is -0.188. The molecule has 2 N–H and O–H groups in total. The summed E-state index contributed by atoms with van der Waals surface area (Å²) in [5.74, 6) is 5.87. The van der Waals surface area contributed by atoms with Gasteiger partial charge in [-0.3, -0.25) is 4.79 Å². The minimum atomic E-state index is -0.188. The fourth-order valence-corrected chi connectivity index (χ4v) is 1.79. The first-order valence-corrected chi connectivity index (χ1v) is 6.26. The van der Waals surface area contributed by atoms with Crippen molar-refractivity contribution in [3.8, 4) is 11.8 Å². The number of hydrogen-bond acceptors (Lipinski definition) is 2. The van der Waals surface area contributed by atoms with E-state index in [0.717, 1.165) is 18.4 Å². The quantitative estimate of drug-likeness (QED) is 0.823. The first kappa shape index (κ1) is 12.9. The molecule has 1 aromatic carbocycles. The number of rotatable bonds is 3. The molecule has 94 valence electrons. The van der Waals surface area contributed by atoms with Gasteiger partial charge >= 0.3 is 0 Å². The normalized spacial score (nSPS) is 13.7. The summed E-state index contributed by atoms with van der Waals surface area (Å²) < 4.78 is 0. The lowest BCUT2D eigenvalue weighted by Gasteiger charge is -2.07. The van der Waals surface area contributed by atoms with E-state index in [4.69, 9.17) is 16.7 Å². The number of amides is 1. The molecule has 2 rings (SSSR count). The van der Waals surface area contributed by atoms with E-state index in [2.05, 4.69) is 17.2 Å². The summed E-state index contributed by atoms with van der Waals surface area (Å²) >= 11 is 6.01. The fourth-order valence-electron chi connectivity index (χ4n) is 1.63. The molecule has 1 amide bonds. The first-order chi connectivity index (χ1) is 8.69. The second kappa shape index (κ2) is 5.90. The van der Waals surface area contributed by atoms with E-state index in [1.54, 1.807) is 18.2 Å². The molecule has 0 heterocycles. The molecule has 4 heteroatoms. The van der Waals surface area contributed by atoms with Gasteiger partial charge in [0, 0.05) is 12.0 Å². The second-order valence-electron chi connectivity index (χ2n) is 4.35. The number of aliphatic hydroxyl groups is 1. The van der Waals surface area contributed by atoms with E-state index < -0.39 is 0 Å². The van der Waals surface area contributed by atoms with E-state index in [1.165, 1.54) is 0 Å². The molecule has 0 radical (unpaired) electrons. The van der Waals surface area contributed by atoms with Crippen LogP contribution in [-0.4, -0.2) is 17.6 Å². The lowest BCUT2D eigenvalue weighted by molar-refractivity contribution is -0.116. The molecule has 0 unspecified atom stereocenters. The predicted molar refractivity (Wildman–Crippen MR) is 71.4 cm³/mol. The van der Waals surface area contributed by atoms with Gasteiger partial charge in [-0.1, -0.05) is 23.4 Å². The summed E-state index contributed by atoms with van der Waals surface area (Å²) in [5, 5.41) is 11.9. The number of benzene rings is 1. The smallest absolute Gasteiger partial charge is 0.224 e. The summed E-state index contributed by atoms with van der Waals surface area (Å²) in [6, 6.07) is 5.16. The fraction of sp³-hybridized carbons (Fsp3) is 0.357. The molecule has 1 saturated carbocycles. The Morgan fingerprint density at radius 1 is 1.50 bits per heavy atom. The standard InChI is InChI=1S/C14H14ClNO2/c15-12-6-5-10(2-1-7-17)8-13(12)16-14(18)9-11-3-4-11/h5-6,8,11,17H,3-4,7,9H2,(H,16,18). The molecular formula is C14H14ClNO2. The topological polar surface area (TPSA) is 49.3 Å². The van der Waals surface area contributed by atoms with Crippen molar-refractivity contribution in [2.45, 2.75) is 19.3 Å². The van der Waals surface area contributed by atoms with Crippen molar-refractivity contribution in [3.63, 3.8) is 0 Å². The van der Waals surface area contributed by atoms with Crippen LogP contribution in [0.4, 0.5) is 5.69 Å². The zero-order valence-corrected chi connectivity index (χ0v) is 10.6. The average molecular weight is 264 g/mol. The summed E-state index contributed by atoms with van der Waals surface area (Å²) in [7, 11) is 0. The summed E-state index contributed by atoms with van der Waals surface area (Å²) in [6.07, 6.45) is 2.84. The van der Waals surface area contributed by atoms with Crippen LogP contribution in [0.5, 0.6) is 0 Å². The number of carbonyl (C=O) groups excluding carboxylic acids is 1. The molecule has 3 nitrogen and oxygen atoms in total. The SMILES string of the molecule is O=C(CC1CC1)Nc1cc(C#CCO)ccc1Cl. The molecule has 0 spiro atoms. The highest BCUT2D eigenvalue weighted by Crippen LogP contribution is 2.33. The molecule has 0 atom stereocenters. The Labute approximate surface area is 111 Å². The second-order valence-corrected chi connectivity index (χ2v) is 4.76. The highest BCUT2D eigenvalue weighted by atomic mass is 35.5. The van der Waals surface area contributed by atoms with Gasteiger partial charge in [0.25, 0.3) is 0 Å². The third-order valence-corrected chi connectivity index (χ3v) is 3.05. The van der Waals surface area contributed by atoms with Crippen LogP contribution < -0.4 is 5.32 Å². The van der Waals surface area contributed by atoms with Crippen LogP contribution in [0, 0.1) is 17.8 Å². The van der Waals surface area contributed by atoms with Crippen LogP contribution in [0.3, 0.4) is 0 Å². The van der Waals surface area contributed by atoms with Gasteiger partial charge in [-0.25, -0.2) is 0 Å². The average Bonchev–Trinajstić information content (AvgIpc) is 3.14. The van der Waals surface area contributed by atoms with Gasteiger partial charge in [-0.2, -0.15) is 0 Å². The number of hydrogen-bond donors (Lipinski definition) is 2. The van der Waals surface area contributed by atoms with E-state index >= 15 is 0 Å². The molecular weight excluding hydrogens is 250 g/mol. The molecule has 0 saturated heterocycles.